The van der Waals surface area contributed by atoms with Gasteiger partial charge >= 0.3 is 6.61 Å². The van der Waals surface area contributed by atoms with Crippen molar-refractivity contribution in [3.8, 4) is 22.9 Å². The Balaban J connectivity index is 1.74. The maximum Gasteiger partial charge on any atom is 0.387 e. The zero-order valence-electron chi connectivity index (χ0n) is 13.5. The van der Waals surface area contributed by atoms with E-state index in [0.717, 1.165) is 0 Å². The number of ether oxygens (including phenoxy) is 3. The first-order chi connectivity index (χ1) is 12.6. The van der Waals surface area contributed by atoms with Crippen molar-refractivity contribution >= 4 is 11.6 Å². The molecule has 0 fully saturated rings. The van der Waals surface area contributed by atoms with E-state index in [1.165, 1.54) is 30.1 Å². The third kappa shape index (κ3) is 4.17. The lowest BCUT2D eigenvalue weighted by Crippen LogP contribution is -2.03. The van der Waals surface area contributed by atoms with E-state index in [1.807, 2.05) is 0 Å². The van der Waals surface area contributed by atoms with Crippen molar-refractivity contribution in [1.82, 2.24) is 20.0 Å². The minimum atomic E-state index is -2.98. The van der Waals surface area contributed by atoms with Gasteiger partial charge in [-0.1, -0.05) is 16.8 Å². The van der Waals surface area contributed by atoms with Crippen molar-refractivity contribution in [3.63, 3.8) is 0 Å². The fourth-order valence-electron chi connectivity index (χ4n) is 2.11. The van der Waals surface area contributed by atoms with Crippen LogP contribution in [-0.2, 0) is 6.61 Å². The van der Waals surface area contributed by atoms with Crippen molar-refractivity contribution in [2.75, 3.05) is 7.11 Å². The number of halogens is 3. The summed E-state index contributed by atoms with van der Waals surface area (Å²) in [4.78, 5) is 3.97. The molecule has 136 valence electrons. The van der Waals surface area contributed by atoms with Crippen molar-refractivity contribution in [3.05, 3.63) is 53.6 Å². The van der Waals surface area contributed by atoms with Gasteiger partial charge in [0, 0.05) is 18.3 Å². The standard InChI is InChI=1S/C16H13ClF2N4O3/c1-24-13-4-5-20-7-15(13)25-9-10-8-23(22-21-10)11-2-3-12(17)14(6-11)26-16(18)19/h2-8,16H,9H2,1H3. The topological polar surface area (TPSA) is 71.3 Å². The third-order valence-corrected chi connectivity index (χ3v) is 3.59. The molecule has 0 spiro atoms. The maximum atomic E-state index is 12.4. The molecular weight excluding hydrogens is 370 g/mol. The van der Waals surface area contributed by atoms with E-state index in [9.17, 15) is 8.78 Å². The number of nitrogens with zero attached hydrogens (tertiary/aromatic N) is 4. The van der Waals surface area contributed by atoms with Crippen molar-refractivity contribution in [1.29, 1.82) is 0 Å². The lowest BCUT2D eigenvalue weighted by molar-refractivity contribution is -0.0497. The number of methoxy groups -OCH3 is 1. The highest BCUT2D eigenvalue weighted by Crippen LogP contribution is 2.28. The van der Waals surface area contributed by atoms with E-state index in [-0.39, 0.29) is 17.4 Å². The van der Waals surface area contributed by atoms with Crippen LogP contribution < -0.4 is 14.2 Å². The molecule has 26 heavy (non-hydrogen) atoms. The molecule has 2 aromatic heterocycles. The normalized spacial score (nSPS) is 10.8. The zero-order valence-corrected chi connectivity index (χ0v) is 14.2. The average molecular weight is 383 g/mol. The molecule has 3 rings (SSSR count). The molecule has 0 aliphatic rings. The first kappa shape index (κ1) is 17.9. The number of benzene rings is 1. The Kier molecular flexibility index (Phi) is 5.47. The Labute approximate surface area is 152 Å². The number of pyridine rings is 1. The lowest BCUT2D eigenvalue weighted by atomic mass is 10.3. The van der Waals surface area contributed by atoms with Gasteiger partial charge in [-0.3, -0.25) is 4.98 Å². The largest absolute Gasteiger partial charge is 0.493 e. The van der Waals surface area contributed by atoms with Crippen LogP contribution in [0.4, 0.5) is 8.78 Å². The Morgan fingerprint density at radius 2 is 2.04 bits per heavy atom. The Hall–Kier alpha value is -2.94. The molecule has 0 saturated carbocycles. The van der Waals surface area contributed by atoms with Crippen LogP contribution in [-0.4, -0.2) is 33.7 Å². The van der Waals surface area contributed by atoms with E-state index in [4.69, 9.17) is 21.1 Å². The summed E-state index contributed by atoms with van der Waals surface area (Å²) >= 11 is 5.84. The van der Waals surface area contributed by atoms with Gasteiger partial charge in [-0.2, -0.15) is 8.78 Å². The molecule has 7 nitrogen and oxygen atoms in total. The van der Waals surface area contributed by atoms with Crippen LogP contribution in [0.25, 0.3) is 5.69 Å². The quantitative estimate of drug-likeness (QED) is 0.622. The molecule has 0 amide bonds. The highest BCUT2D eigenvalue weighted by Gasteiger charge is 2.12. The summed E-state index contributed by atoms with van der Waals surface area (Å²) in [6.45, 7) is -2.85. The fraction of sp³-hybridized carbons (Fsp3) is 0.188. The van der Waals surface area contributed by atoms with E-state index in [1.54, 1.807) is 24.5 Å². The summed E-state index contributed by atoms with van der Waals surface area (Å²) < 4.78 is 41.4. The minimum absolute atomic E-state index is 0.0707. The fourth-order valence-corrected chi connectivity index (χ4v) is 2.27. The predicted octanol–water partition coefficient (Wildman–Crippen LogP) is 3.50. The van der Waals surface area contributed by atoms with Gasteiger partial charge in [0.15, 0.2) is 11.5 Å². The summed E-state index contributed by atoms with van der Waals surface area (Å²) in [7, 11) is 1.53. The highest BCUT2D eigenvalue weighted by molar-refractivity contribution is 6.32. The molecule has 0 radical (unpaired) electrons. The van der Waals surface area contributed by atoms with Gasteiger partial charge < -0.3 is 14.2 Å². The van der Waals surface area contributed by atoms with Gasteiger partial charge in [0.2, 0.25) is 0 Å². The van der Waals surface area contributed by atoms with E-state index in [2.05, 4.69) is 20.0 Å². The molecule has 0 atom stereocenters. The van der Waals surface area contributed by atoms with Crippen LogP contribution in [0.2, 0.25) is 5.02 Å². The molecular formula is C16H13ClF2N4O3. The first-order valence-electron chi connectivity index (χ1n) is 7.33. The van der Waals surface area contributed by atoms with Gasteiger partial charge in [-0.15, -0.1) is 5.10 Å². The second-order valence-electron chi connectivity index (χ2n) is 4.96. The molecule has 0 unspecified atom stereocenters. The van der Waals surface area contributed by atoms with Gasteiger partial charge in [-0.05, 0) is 12.1 Å². The molecule has 0 aliphatic carbocycles. The minimum Gasteiger partial charge on any atom is -0.493 e. The number of alkyl halides is 2. The van der Waals surface area contributed by atoms with Crippen LogP contribution in [0.15, 0.2) is 42.9 Å². The number of aromatic nitrogens is 4. The highest BCUT2D eigenvalue weighted by atomic mass is 35.5. The monoisotopic (exact) mass is 382 g/mol. The second kappa shape index (κ2) is 7.96. The van der Waals surface area contributed by atoms with Crippen molar-refractivity contribution in [2.24, 2.45) is 0 Å². The second-order valence-corrected chi connectivity index (χ2v) is 5.37. The van der Waals surface area contributed by atoms with E-state index in [0.29, 0.717) is 22.9 Å². The van der Waals surface area contributed by atoms with E-state index < -0.39 is 6.61 Å². The SMILES string of the molecule is COc1ccncc1OCc1cn(-c2ccc(Cl)c(OC(F)F)c2)nn1. The lowest BCUT2D eigenvalue weighted by Gasteiger charge is -2.08. The molecule has 0 bridgehead atoms. The van der Waals surface area contributed by atoms with Crippen molar-refractivity contribution in [2.45, 2.75) is 13.2 Å². The summed E-state index contributed by atoms with van der Waals surface area (Å²) in [6.07, 6.45) is 4.70. The molecule has 0 N–H and O–H groups in total. The molecule has 0 saturated heterocycles. The van der Waals surface area contributed by atoms with Gasteiger partial charge in [0.1, 0.15) is 18.1 Å². The van der Waals surface area contributed by atoms with E-state index >= 15 is 0 Å². The maximum absolute atomic E-state index is 12.4. The van der Waals surface area contributed by atoms with Crippen LogP contribution in [0, 0.1) is 0 Å². The Morgan fingerprint density at radius 3 is 2.81 bits per heavy atom. The summed E-state index contributed by atoms with van der Waals surface area (Å²) in [5.41, 5.74) is 0.977. The number of rotatable bonds is 7. The van der Waals surface area contributed by atoms with Gasteiger partial charge in [0.05, 0.1) is 30.2 Å². The van der Waals surface area contributed by atoms with Crippen LogP contribution in [0.5, 0.6) is 17.2 Å². The summed E-state index contributed by atoms with van der Waals surface area (Å²) in [6, 6.07) is 6.06. The number of hydrogen-bond acceptors (Lipinski definition) is 6. The third-order valence-electron chi connectivity index (χ3n) is 3.28. The molecule has 1 aromatic carbocycles. The van der Waals surface area contributed by atoms with Crippen LogP contribution >= 0.6 is 11.6 Å². The molecule has 3 aromatic rings. The van der Waals surface area contributed by atoms with Crippen LogP contribution in [0.1, 0.15) is 5.69 Å². The summed E-state index contributed by atoms with van der Waals surface area (Å²) in [5, 5.41) is 8.00. The predicted molar refractivity (Wildman–Crippen MR) is 88.1 cm³/mol. The Morgan fingerprint density at radius 1 is 1.19 bits per heavy atom. The number of hydrogen-bond donors (Lipinski definition) is 0. The summed E-state index contributed by atoms with van der Waals surface area (Å²) in [5.74, 6) is 0.857. The smallest absolute Gasteiger partial charge is 0.387 e. The average Bonchev–Trinajstić information content (AvgIpc) is 3.10. The Bertz CT molecular complexity index is 891. The van der Waals surface area contributed by atoms with Gasteiger partial charge in [-0.25, -0.2) is 4.68 Å². The molecule has 10 heteroatoms. The van der Waals surface area contributed by atoms with Gasteiger partial charge in [0.25, 0.3) is 0 Å². The van der Waals surface area contributed by atoms with Crippen molar-refractivity contribution < 1.29 is 23.0 Å². The zero-order chi connectivity index (χ0) is 18.5. The van der Waals surface area contributed by atoms with Crippen LogP contribution in [0.3, 0.4) is 0 Å². The molecule has 0 aliphatic heterocycles. The molecule has 2 heterocycles. The first-order valence-corrected chi connectivity index (χ1v) is 7.71.